The monoisotopic (exact) mass is 492 g/mol. The summed E-state index contributed by atoms with van der Waals surface area (Å²) in [6.45, 7) is 8.14. The molecular weight excluding hydrogens is 464 g/mol. The molecule has 1 aliphatic rings. The molecule has 1 saturated heterocycles. The van der Waals surface area contributed by atoms with Gasteiger partial charge in [-0.3, -0.25) is 9.59 Å². The fourth-order valence-electron chi connectivity index (χ4n) is 4.11. The molecular formula is C26H29ClN6O2. The Labute approximate surface area is 210 Å². The highest BCUT2D eigenvalue weighted by molar-refractivity contribution is 6.30. The maximum Gasteiger partial charge on any atom is 0.229 e. The molecule has 3 aromatic rings. The van der Waals surface area contributed by atoms with Crippen molar-refractivity contribution in [2.24, 2.45) is 5.92 Å². The smallest absolute Gasteiger partial charge is 0.229 e. The SMILES string of the molecule is CCN(CC)c1cc(Nc2ccc(NC(=O)C3CC(=O)N(c4ccc(Cl)cc4)C3)cc2)nc(C)n1. The van der Waals surface area contributed by atoms with Gasteiger partial charge in [0.05, 0.1) is 5.92 Å². The Morgan fingerprint density at radius 1 is 1.06 bits per heavy atom. The summed E-state index contributed by atoms with van der Waals surface area (Å²) in [7, 11) is 0. The van der Waals surface area contributed by atoms with E-state index in [1.54, 1.807) is 29.2 Å². The van der Waals surface area contributed by atoms with Crippen LogP contribution in [0.3, 0.4) is 0 Å². The third kappa shape index (κ3) is 5.89. The second-order valence-corrected chi connectivity index (χ2v) is 8.84. The van der Waals surface area contributed by atoms with Crippen molar-refractivity contribution in [1.82, 2.24) is 9.97 Å². The topological polar surface area (TPSA) is 90.5 Å². The van der Waals surface area contributed by atoms with Gasteiger partial charge in [0.2, 0.25) is 11.8 Å². The van der Waals surface area contributed by atoms with Gasteiger partial charge in [-0.15, -0.1) is 0 Å². The molecule has 0 spiro atoms. The van der Waals surface area contributed by atoms with Gasteiger partial charge >= 0.3 is 0 Å². The molecule has 182 valence electrons. The largest absolute Gasteiger partial charge is 0.357 e. The minimum atomic E-state index is -0.418. The van der Waals surface area contributed by atoms with Gasteiger partial charge in [0.1, 0.15) is 17.5 Å². The van der Waals surface area contributed by atoms with Gasteiger partial charge in [-0.25, -0.2) is 9.97 Å². The van der Waals surface area contributed by atoms with Gasteiger partial charge in [0.15, 0.2) is 0 Å². The van der Waals surface area contributed by atoms with Gasteiger partial charge in [0.25, 0.3) is 0 Å². The molecule has 4 rings (SSSR count). The van der Waals surface area contributed by atoms with Crippen LogP contribution in [0.15, 0.2) is 54.6 Å². The van der Waals surface area contributed by atoms with Crippen LogP contribution < -0.4 is 20.4 Å². The average Bonchev–Trinajstić information content (AvgIpc) is 3.23. The lowest BCUT2D eigenvalue weighted by atomic mass is 10.1. The summed E-state index contributed by atoms with van der Waals surface area (Å²) in [6.07, 6.45) is 0.177. The van der Waals surface area contributed by atoms with Crippen molar-refractivity contribution in [3.63, 3.8) is 0 Å². The lowest BCUT2D eigenvalue weighted by Crippen LogP contribution is -2.28. The van der Waals surface area contributed by atoms with E-state index in [4.69, 9.17) is 11.6 Å². The zero-order valence-corrected chi connectivity index (χ0v) is 20.8. The highest BCUT2D eigenvalue weighted by Crippen LogP contribution is 2.27. The highest BCUT2D eigenvalue weighted by atomic mass is 35.5. The third-order valence-corrected chi connectivity index (χ3v) is 6.22. The number of nitrogens with zero attached hydrogens (tertiary/aromatic N) is 4. The number of carbonyl (C=O) groups is 2. The first-order valence-corrected chi connectivity index (χ1v) is 12.1. The van der Waals surface area contributed by atoms with E-state index in [9.17, 15) is 9.59 Å². The molecule has 1 fully saturated rings. The van der Waals surface area contributed by atoms with E-state index in [2.05, 4.69) is 39.3 Å². The molecule has 0 aliphatic carbocycles. The van der Waals surface area contributed by atoms with Crippen molar-refractivity contribution in [2.45, 2.75) is 27.2 Å². The molecule has 1 aliphatic heterocycles. The predicted octanol–water partition coefficient (Wildman–Crippen LogP) is 5.02. The van der Waals surface area contributed by atoms with Gasteiger partial charge in [-0.05, 0) is 69.3 Å². The van der Waals surface area contributed by atoms with Crippen molar-refractivity contribution < 1.29 is 9.59 Å². The molecule has 1 aromatic heterocycles. The number of rotatable bonds is 8. The van der Waals surface area contributed by atoms with E-state index < -0.39 is 5.92 Å². The van der Waals surface area contributed by atoms with E-state index in [0.717, 1.165) is 30.3 Å². The molecule has 0 radical (unpaired) electrons. The molecule has 0 saturated carbocycles. The summed E-state index contributed by atoms with van der Waals surface area (Å²) in [5.41, 5.74) is 2.26. The molecule has 2 aromatic carbocycles. The first-order chi connectivity index (χ1) is 16.9. The number of anilines is 5. The maximum atomic E-state index is 12.8. The van der Waals surface area contributed by atoms with Crippen LogP contribution in [0.1, 0.15) is 26.1 Å². The number of halogens is 1. The van der Waals surface area contributed by atoms with Crippen LogP contribution >= 0.6 is 11.6 Å². The van der Waals surface area contributed by atoms with Crippen LogP contribution in [0.2, 0.25) is 5.02 Å². The average molecular weight is 493 g/mol. The van der Waals surface area contributed by atoms with Gasteiger partial charge in [-0.2, -0.15) is 0 Å². The second-order valence-electron chi connectivity index (χ2n) is 8.40. The quantitative estimate of drug-likeness (QED) is 0.459. The summed E-state index contributed by atoms with van der Waals surface area (Å²) < 4.78 is 0. The fourth-order valence-corrected chi connectivity index (χ4v) is 4.23. The van der Waals surface area contributed by atoms with Gasteiger partial charge in [-0.1, -0.05) is 11.6 Å². The lowest BCUT2D eigenvalue weighted by Gasteiger charge is -2.20. The Morgan fingerprint density at radius 2 is 1.71 bits per heavy atom. The van der Waals surface area contributed by atoms with Crippen molar-refractivity contribution in [1.29, 1.82) is 0 Å². The number of amides is 2. The Morgan fingerprint density at radius 3 is 2.37 bits per heavy atom. The third-order valence-electron chi connectivity index (χ3n) is 5.97. The molecule has 2 N–H and O–H groups in total. The van der Waals surface area contributed by atoms with E-state index in [1.807, 2.05) is 37.3 Å². The summed E-state index contributed by atoms with van der Waals surface area (Å²) in [5.74, 6) is 1.62. The fraction of sp³-hybridized carbons (Fsp3) is 0.308. The van der Waals surface area contributed by atoms with Crippen LogP contribution in [0.5, 0.6) is 0 Å². The minimum absolute atomic E-state index is 0.0729. The summed E-state index contributed by atoms with van der Waals surface area (Å²) in [5, 5.41) is 6.84. The van der Waals surface area contributed by atoms with E-state index in [1.165, 1.54) is 0 Å². The molecule has 2 amide bonds. The Hall–Kier alpha value is -3.65. The standard InChI is InChI=1S/C26H29ClN6O2/c1-4-32(5-2)24-15-23(28-17(3)29-24)30-20-8-10-21(11-9-20)31-26(35)18-14-25(34)33(16-18)22-12-6-19(27)7-13-22/h6-13,15,18H,4-5,14,16H2,1-3H3,(H,31,35)(H,28,29,30). The van der Waals surface area contributed by atoms with E-state index in [-0.39, 0.29) is 18.2 Å². The van der Waals surface area contributed by atoms with Crippen molar-refractivity contribution >= 4 is 52.1 Å². The zero-order valence-electron chi connectivity index (χ0n) is 20.1. The molecule has 35 heavy (non-hydrogen) atoms. The molecule has 9 heteroatoms. The minimum Gasteiger partial charge on any atom is -0.357 e. The molecule has 0 bridgehead atoms. The van der Waals surface area contributed by atoms with Crippen molar-refractivity contribution in [2.75, 3.05) is 40.1 Å². The van der Waals surface area contributed by atoms with Crippen LogP contribution in [-0.4, -0.2) is 41.4 Å². The summed E-state index contributed by atoms with van der Waals surface area (Å²) in [4.78, 5) is 38.1. The number of aromatic nitrogens is 2. The molecule has 2 heterocycles. The Kier molecular flexibility index (Phi) is 7.51. The summed E-state index contributed by atoms with van der Waals surface area (Å²) >= 11 is 5.94. The number of nitrogens with one attached hydrogen (secondary N) is 2. The second kappa shape index (κ2) is 10.7. The normalized spacial score (nSPS) is 15.3. The number of hydrogen-bond acceptors (Lipinski definition) is 6. The Bertz CT molecular complexity index is 1200. The maximum absolute atomic E-state index is 12.8. The Balaban J connectivity index is 1.38. The number of benzene rings is 2. The first-order valence-electron chi connectivity index (χ1n) is 11.7. The van der Waals surface area contributed by atoms with Crippen LogP contribution in [0.4, 0.5) is 28.7 Å². The highest BCUT2D eigenvalue weighted by Gasteiger charge is 2.35. The van der Waals surface area contributed by atoms with E-state index in [0.29, 0.717) is 28.9 Å². The van der Waals surface area contributed by atoms with Gasteiger partial charge < -0.3 is 20.4 Å². The van der Waals surface area contributed by atoms with E-state index >= 15 is 0 Å². The first kappa shape index (κ1) is 24.5. The number of aryl methyl sites for hydroxylation is 1. The molecule has 1 atom stereocenters. The number of carbonyl (C=O) groups excluding carboxylic acids is 2. The van der Waals surface area contributed by atoms with Gasteiger partial charge in [0, 0.05) is 54.2 Å². The van der Waals surface area contributed by atoms with Crippen LogP contribution in [-0.2, 0) is 9.59 Å². The van der Waals surface area contributed by atoms with Crippen molar-refractivity contribution in [3.05, 3.63) is 65.4 Å². The number of hydrogen-bond donors (Lipinski definition) is 2. The van der Waals surface area contributed by atoms with Crippen molar-refractivity contribution in [3.8, 4) is 0 Å². The van der Waals surface area contributed by atoms with Crippen LogP contribution in [0, 0.1) is 12.8 Å². The summed E-state index contributed by atoms with van der Waals surface area (Å²) in [6, 6.07) is 16.4. The molecule has 1 unspecified atom stereocenters. The lowest BCUT2D eigenvalue weighted by molar-refractivity contribution is -0.122. The van der Waals surface area contributed by atoms with Crippen LogP contribution in [0.25, 0.3) is 0 Å². The molecule has 8 nitrogen and oxygen atoms in total. The predicted molar refractivity (Wildman–Crippen MR) is 141 cm³/mol. The zero-order chi connectivity index (χ0) is 24.9.